The van der Waals surface area contributed by atoms with Gasteiger partial charge in [-0.3, -0.25) is 4.98 Å². The van der Waals surface area contributed by atoms with Gasteiger partial charge in [0.25, 0.3) is 0 Å². The highest BCUT2D eigenvalue weighted by Crippen LogP contribution is 2.45. The number of nitrogens with zero attached hydrogens (tertiary/aromatic N) is 2. The Bertz CT molecular complexity index is 1460. The summed E-state index contributed by atoms with van der Waals surface area (Å²) in [6, 6.07) is 11.5. The lowest BCUT2D eigenvalue weighted by molar-refractivity contribution is -0.160. The molecule has 0 saturated heterocycles. The average molecular weight is 473 g/mol. The van der Waals surface area contributed by atoms with Crippen molar-refractivity contribution < 1.29 is 24.1 Å². The number of aliphatic carboxylic acids is 1. The van der Waals surface area contributed by atoms with Crippen molar-refractivity contribution in [3.05, 3.63) is 59.3 Å². The van der Waals surface area contributed by atoms with E-state index in [4.69, 9.17) is 19.2 Å². The lowest BCUT2D eigenvalue weighted by atomic mass is 9.86. The maximum absolute atomic E-state index is 12.6. The third kappa shape index (κ3) is 4.06. The number of carbonyl (C=O) groups is 1. The molecule has 35 heavy (non-hydrogen) atoms. The zero-order chi connectivity index (χ0) is 24.9. The molecule has 4 aromatic rings. The molecule has 0 amide bonds. The molecule has 0 spiro atoms. The van der Waals surface area contributed by atoms with E-state index < -0.39 is 17.7 Å². The predicted octanol–water partition coefficient (Wildman–Crippen LogP) is 5.64. The summed E-state index contributed by atoms with van der Waals surface area (Å²) in [5.41, 5.74) is 4.88. The number of ether oxygens (including phenoxy) is 3. The highest BCUT2D eigenvalue weighted by molar-refractivity contribution is 6.08. The molecule has 0 aliphatic carbocycles. The Morgan fingerprint density at radius 2 is 1.97 bits per heavy atom. The van der Waals surface area contributed by atoms with Gasteiger partial charge in [0.2, 0.25) is 5.88 Å². The van der Waals surface area contributed by atoms with E-state index in [1.54, 1.807) is 19.4 Å². The van der Waals surface area contributed by atoms with E-state index >= 15 is 0 Å². The topological polar surface area (TPSA) is 90.8 Å². The standard InChI is InChI=1S/C28H28N2O5/c1-15-14-19-17(7-9-21(30-19)33-5)24(22(15)26(27(31)32)35-28(2,3)4)18-6-8-20-23-16(11-13-34-20)10-12-29-25(18)23/h6-10,12,14,26H,11,13H2,1-5H3,(H,31,32). The second kappa shape index (κ2) is 8.50. The molecule has 3 heterocycles. The first-order chi connectivity index (χ1) is 16.7. The van der Waals surface area contributed by atoms with Gasteiger partial charge in [0.05, 0.1) is 30.4 Å². The quantitative estimate of drug-likeness (QED) is 0.402. The van der Waals surface area contributed by atoms with E-state index in [2.05, 4.69) is 4.98 Å². The van der Waals surface area contributed by atoms with Crippen LogP contribution in [-0.4, -0.2) is 40.4 Å². The Balaban J connectivity index is 1.91. The summed E-state index contributed by atoms with van der Waals surface area (Å²) in [6.07, 6.45) is 1.41. The molecule has 2 aromatic carbocycles. The van der Waals surface area contributed by atoms with Crippen LogP contribution in [0.15, 0.2) is 42.6 Å². The van der Waals surface area contributed by atoms with Gasteiger partial charge in [-0.2, -0.15) is 0 Å². The third-order valence-electron chi connectivity index (χ3n) is 6.22. The molecule has 1 atom stereocenters. The van der Waals surface area contributed by atoms with E-state index in [0.29, 0.717) is 23.6 Å². The number of methoxy groups -OCH3 is 1. The minimum Gasteiger partial charge on any atom is -0.493 e. The van der Waals surface area contributed by atoms with Gasteiger partial charge in [-0.25, -0.2) is 9.78 Å². The Hall–Kier alpha value is -3.71. The van der Waals surface area contributed by atoms with Crippen molar-refractivity contribution in [2.75, 3.05) is 13.7 Å². The van der Waals surface area contributed by atoms with Crippen molar-refractivity contribution >= 4 is 27.8 Å². The molecule has 0 saturated carbocycles. The highest BCUT2D eigenvalue weighted by Gasteiger charge is 2.32. The van der Waals surface area contributed by atoms with Crippen LogP contribution in [0.5, 0.6) is 11.6 Å². The summed E-state index contributed by atoms with van der Waals surface area (Å²) in [5, 5.41) is 12.1. The van der Waals surface area contributed by atoms with Crippen LogP contribution in [0.25, 0.3) is 32.9 Å². The summed E-state index contributed by atoms with van der Waals surface area (Å²) in [5.74, 6) is 0.223. The summed E-state index contributed by atoms with van der Waals surface area (Å²) in [4.78, 5) is 22.0. The largest absolute Gasteiger partial charge is 0.493 e. The van der Waals surface area contributed by atoms with Gasteiger partial charge in [-0.05, 0) is 74.7 Å². The van der Waals surface area contributed by atoms with Gasteiger partial charge in [0, 0.05) is 40.6 Å². The Kier molecular flexibility index (Phi) is 5.60. The fraction of sp³-hybridized carbons (Fsp3) is 0.321. The van der Waals surface area contributed by atoms with Crippen LogP contribution >= 0.6 is 0 Å². The average Bonchev–Trinajstić information content (AvgIpc) is 2.82. The van der Waals surface area contributed by atoms with Gasteiger partial charge in [0.15, 0.2) is 6.10 Å². The molecule has 2 aromatic heterocycles. The molecule has 7 heteroatoms. The second-order valence-electron chi connectivity index (χ2n) is 9.75. The third-order valence-corrected chi connectivity index (χ3v) is 6.22. The number of hydrogen-bond donors (Lipinski definition) is 1. The molecule has 1 N–H and O–H groups in total. The molecular formula is C28H28N2O5. The monoisotopic (exact) mass is 472 g/mol. The van der Waals surface area contributed by atoms with Gasteiger partial charge in [-0.15, -0.1) is 0 Å². The van der Waals surface area contributed by atoms with Crippen molar-refractivity contribution in [3.63, 3.8) is 0 Å². The van der Waals surface area contributed by atoms with E-state index in [9.17, 15) is 9.90 Å². The maximum Gasteiger partial charge on any atom is 0.337 e. The number of hydrogen-bond acceptors (Lipinski definition) is 6. The predicted molar refractivity (Wildman–Crippen MR) is 134 cm³/mol. The zero-order valence-electron chi connectivity index (χ0n) is 20.5. The van der Waals surface area contributed by atoms with Crippen molar-refractivity contribution in [2.45, 2.75) is 45.8 Å². The van der Waals surface area contributed by atoms with Gasteiger partial charge in [0.1, 0.15) is 5.75 Å². The normalized spacial score (nSPS) is 14.1. The fourth-order valence-corrected chi connectivity index (χ4v) is 4.83. The van der Waals surface area contributed by atoms with E-state index in [0.717, 1.165) is 50.7 Å². The minimum absolute atomic E-state index is 0.486. The van der Waals surface area contributed by atoms with Crippen LogP contribution < -0.4 is 9.47 Å². The van der Waals surface area contributed by atoms with Gasteiger partial charge >= 0.3 is 5.97 Å². The van der Waals surface area contributed by atoms with E-state index in [-0.39, 0.29) is 0 Å². The Morgan fingerprint density at radius 3 is 2.69 bits per heavy atom. The molecule has 0 fully saturated rings. The van der Waals surface area contributed by atoms with Crippen LogP contribution in [0.2, 0.25) is 0 Å². The van der Waals surface area contributed by atoms with Crippen LogP contribution in [0.3, 0.4) is 0 Å². The number of aryl methyl sites for hydroxylation is 1. The highest BCUT2D eigenvalue weighted by atomic mass is 16.5. The molecule has 5 rings (SSSR count). The molecule has 0 radical (unpaired) electrons. The van der Waals surface area contributed by atoms with E-state index in [1.807, 2.05) is 58.0 Å². The van der Waals surface area contributed by atoms with Crippen molar-refractivity contribution in [1.82, 2.24) is 9.97 Å². The van der Waals surface area contributed by atoms with E-state index in [1.165, 1.54) is 0 Å². The first-order valence-corrected chi connectivity index (χ1v) is 11.6. The van der Waals surface area contributed by atoms with Gasteiger partial charge < -0.3 is 19.3 Å². The number of rotatable bonds is 5. The van der Waals surface area contributed by atoms with Crippen LogP contribution in [0.4, 0.5) is 0 Å². The minimum atomic E-state index is -1.18. The summed E-state index contributed by atoms with van der Waals surface area (Å²) >= 11 is 0. The number of fused-ring (bicyclic) bond motifs is 1. The lowest BCUT2D eigenvalue weighted by Gasteiger charge is -2.29. The number of carboxylic acids is 1. The summed E-state index contributed by atoms with van der Waals surface area (Å²) in [7, 11) is 1.57. The summed E-state index contributed by atoms with van der Waals surface area (Å²) < 4.78 is 17.4. The molecule has 1 aliphatic heterocycles. The number of carboxylic acid groups (broad SMARTS) is 1. The fourth-order valence-electron chi connectivity index (χ4n) is 4.83. The molecule has 7 nitrogen and oxygen atoms in total. The van der Waals surface area contributed by atoms with Crippen molar-refractivity contribution in [2.24, 2.45) is 0 Å². The van der Waals surface area contributed by atoms with Crippen molar-refractivity contribution in [1.29, 1.82) is 0 Å². The first kappa shape index (κ1) is 23.1. The number of pyridine rings is 2. The van der Waals surface area contributed by atoms with Crippen LogP contribution in [0.1, 0.15) is 43.6 Å². The maximum atomic E-state index is 12.6. The molecule has 180 valence electrons. The molecular weight excluding hydrogens is 444 g/mol. The molecule has 1 unspecified atom stereocenters. The lowest BCUT2D eigenvalue weighted by Crippen LogP contribution is -2.28. The molecule has 1 aliphatic rings. The number of benzene rings is 2. The second-order valence-corrected chi connectivity index (χ2v) is 9.75. The smallest absolute Gasteiger partial charge is 0.337 e. The van der Waals surface area contributed by atoms with Crippen LogP contribution in [-0.2, 0) is 16.0 Å². The zero-order valence-corrected chi connectivity index (χ0v) is 20.5. The number of aromatic nitrogens is 2. The van der Waals surface area contributed by atoms with Crippen molar-refractivity contribution in [3.8, 4) is 22.8 Å². The summed E-state index contributed by atoms with van der Waals surface area (Å²) in [6.45, 7) is 8.07. The SMILES string of the molecule is COc1ccc2c(-c3ccc4c5c(ccnc35)CCO4)c(C(OC(C)(C)C)C(=O)O)c(C)cc2n1. The molecule has 0 bridgehead atoms. The Labute approximate surface area is 203 Å². The Morgan fingerprint density at radius 1 is 1.17 bits per heavy atom. The van der Waals surface area contributed by atoms with Gasteiger partial charge in [-0.1, -0.05) is 0 Å². The van der Waals surface area contributed by atoms with Crippen LogP contribution in [0, 0.1) is 6.92 Å². The first-order valence-electron chi connectivity index (χ1n) is 11.6.